The molecule has 102 valence electrons. The van der Waals surface area contributed by atoms with E-state index in [4.69, 9.17) is 0 Å². The molecule has 2 bridgehead atoms. The van der Waals surface area contributed by atoms with E-state index in [0.29, 0.717) is 6.04 Å². The Morgan fingerprint density at radius 1 is 1.28 bits per heavy atom. The first-order valence-electron chi connectivity index (χ1n) is 7.38. The predicted molar refractivity (Wildman–Crippen MR) is 79.3 cm³/mol. The van der Waals surface area contributed by atoms with Crippen LogP contribution < -0.4 is 5.32 Å². The number of aliphatic imine (C=N–C) groups is 1. The highest BCUT2D eigenvalue weighted by molar-refractivity contribution is 8.13. The summed E-state index contributed by atoms with van der Waals surface area (Å²) in [6.07, 6.45) is 6.83. The fourth-order valence-electron chi connectivity index (χ4n) is 3.55. The molecule has 0 saturated carbocycles. The Bertz CT molecular complexity index is 317. The van der Waals surface area contributed by atoms with Gasteiger partial charge in [-0.3, -0.25) is 4.99 Å². The zero-order valence-electron chi connectivity index (χ0n) is 11.6. The van der Waals surface area contributed by atoms with Gasteiger partial charge in [-0.25, -0.2) is 0 Å². The van der Waals surface area contributed by atoms with Gasteiger partial charge in [0, 0.05) is 30.4 Å². The van der Waals surface area contributed by atoms with Gasteiger partial charge in [-0.1, -0.05) is 25.1 Å². The van der Waals surface area contributed by atoms with Crippen LogP contribution in [0.25, 0.3) is 0 Å². The lowest BCUT2D eigenvalue weighted by atomic mass is 9.82. The molecule has 3 rings (SSSR count). The van der Waals surface area contributed by atoms with Crippen LogP contribution in [0.1, 0.15) is 39.0 Å². The van der Waals surface area contributed by atoms with Gasteiger partial charge in [0.1, 0.15) is 0 Å². The number of hydrogen-bond acceptors (Lipinski definition) is 4. The first-order chi connectivity index (χ1) is 8.72. The van der Waals surface area contributed by atoms with Crippen molar-refractivity contribution in [2.24, 2.45) is 10.9 Å². The van der Waals surface area contributed by atoms with Crippen molar-refractivity contribution in [3.8, 4) is 0 Å². The molecule has 3 aliphatic heterocycles. The van der Waals surface area contributed by atoms with E-state index in [2.05, 4.69) is 29.2 Å². The van der Waals surface area contributed by atoms with E-state index < -0.39 is 0 Å². The molecule has 0 aromatic heterocycles. The zero-order valence-corrected chi connectivity index (χ0v) is 12.4. The normalized spacial score (nSPS) is 41.3. The summed E-state index contributed by atoms with van der Waals surface area (Å²) >= 11 is 1.92. The lowest BCUT2D eigenvalue weighted by Crippen LogP contribution is -2.55. The second-order valence-electron chi connectivity index (χ2n) is 6.28. The van der Waals surface area contributed by atoms with Gasteiger partial charge in [-0.05, 0) is 38.6 Å². The number of nitrogens with zero attached hydrogens (tertiary/aromatic N) is 2. The summed E-state index contributed by atoms with van der Waals surface area (Å²) in [7, 11) is 2.32. The number of hydrogen-bond donors (Lipinski definition) is 1. The molecule has 0 aromatic rings. The minimum absolute atomic E-state index is 0.663. The summed E-state index contributed by atoms with van der Waals surface area (Å²) in [6, 6.07) is 2.28. The standard InChI is InChI=1S/C14H25N3S/c1-10-8-15-14(18-9-10)16-11-6-12-4-3-5-13(7-11)17(12)2/h10-13H,3-9H2,1-2H3,(H,15,16). The number of nitrogens with one attached hydrogen (secondary N) is 1. The largest absolute Gasteiger partial charge is 0.362 e. The average Bonchev–Trinajstić information content (AvgIpc) is 2.33. The van der Waals surface area contributed by atoms with E-state index in [1.807, 2.05) is 11.8 Å². The van der Waals surface area contributed by atoms with Crippen molar-refractivity contribution in [3.05, 3.63) is 0 Å². The molecule has 0 spiro atoms. The summed E-state index contributed by atoms with van der Waals surface area (Å²) in [5.41, 5.74) is 0. The van der Waals surface area contributed by atoms with Gasteiger partial charge in [-0.15, -0.1) is 0 Å². The van der Waals surface area contributed by atoms with Crippen LogP contribution in [0.3, 0.4) is 0 Å². The van der Waals surface area contributed by atoms with Crippen LogP contribution in [0.5, 0.6) is 0 Å². The first kappa shape index (κ1) is 12.8. The van der Waals surface area contributed by atoms with Crippen LogP contribution in [0.4, 0.5) is 0 Å². The lowest BCUT2D eigenvalue weighted by molar-refractivity contribution is 0.0530. The monoisotopic (exact) mass is 267 g/mol. The van der Waals surface area contributed by atoms with E-state index in [-0.39, 0.29) is 0 Å². The molecular weight excluding hydrogens is 242 g/mol. The number of thioether (sulfide) groups is 1. The summed E-state index contributed by atoms with van der Waals surface area (Å²) in [5.74, 6) is 1.98. The highest BCUT2D eigenvalue weighted by atomic mass is 32.2. The Morgan fingerprint density at radius 3 is 2.61 bits per heavy atom. The van der Waals surface area contributed by atoms with Crippen molar-refractivity contribution in [2.45, 2.75) is 57.2 Å². The molecule has 2 saturated heterocycles. The third kappa shape index (κ3) is 2.69. The van der Waals surface area contributed by atoms with E-state index in [0.717, 1.165) is 24.5 Å². The second-order valence-corrected chi connectivity index (χ2v) is 7.29. The van der Waals surface area contributed by atoms with E-state index in [1.54, 1.807) is 0 Å². The molecule has 0 aliphatic carbocycles. The van der Waals surface area contributed by atoms with Crippen LogP contribution in [-0.4, -0.2) is 47.5 Å². The van der Waals surface area contributed by atoms with Gasteiger partial charge in [0.2, 0.25) is 0 Å². The van der Waals surface area contributed by atoms with Crippen LogP contribution in [0, 0.1) is 5.92 Å². The molecule has 4 heteroatoms. The number of rotatable bonds is 1. The maximum absolute atomic E-state index is 4.67. The molecule has 3 aliphatic rings. The number of amidine groups is 1. The van der Waals surface area contributed by atoms with Crippen molar-refractivity contribution in [3.63, 3.8) is 0 Å². The minimum atomic E-state index is 0.663. The van der Waals surface area contributed by atoms with E-state index in [9.17, 15) is 0 Å². The predicted octanol–water partition coefficient (Wildman–Crippen LogP) is 2.33. The molecule has 3 nitrogen and oxygen atoms in total. The van der Waals surface area contributed by atoms with Crippen molar-refractivity contribution in [1.82, 2.24) is 10.2 Å². The molecule has 0 radical (unpaired) electrons. The van der Waals surface area contributed by atoms with Crippen LogP contribution in [0.2, 0.25) is 0 Å². The van der Waals surface area contributed by atoms with E-state index >= 15 is 0 Å². The molecule has 0 aromatic carbocycles. The van der Waals surface area contributed by atoms with Crippen LogP contribution >= 0.6 is 11.8 Å². The molecule has 1 N–H and O–H groups in total. The van der Waals surface area contributed by atoms with Crippen molar-refractivity contribution >= 4 is 16.9 Å². The minimum Gasteiger partial charge on any atom is -0.362 e. The van der Waals surface area contributed by atoms with Crippen LogP contribution in [-0.2, 0) is 0 Å². The van der Waals surface area contributed by atoms with E-state index in [1.165, 1.54) is 43.0 Å². The topological polar surface area (TPSA) is 27.6 Å². The molecule has 0 amide bonds. The second kappa shape index (κ2) is 5.41. The van der Waals surface area contributed by atoms with Crippen molar-refractivity contribution in [2.75, 3.05) is 19.3 Å². The molecule has 2 fully saturated rings. The summed E-state index contributed by atoms with van der Waals surface area (Å²) in [5, 5.41) is 4.92. The van der Waals surface area contributed by atoms with Crippen molar-refractivity contribution in [1.29, 1.82) is 0 Å². The van der Waals surface area contributed by atoms with Gasteiger partial charge in [-0.2, -0.15) is 0 Å². The van der Waals surface area contributed by atoms with Gasteiger partial charge < -0.3 is 10.2 Å². The maximum Gasteiger partial charge on any atom is 0.156 e. The molecule has 18 heavy (non-hydrogen) atoms. The molecular formula is C14H25N3S. The Hall–Kier alpha value is -0.220. The third-order valence-electron chi connectivity index (χ3n) is 4.72. The third-order valence-corrected chi connectivity index (χ3v) is 5.97. The lowest BCUT2D eigenvalue weighted by Gasteiger charge is -2.47. The maximum atomic E-state index is 4.67. The first-order valence-corrected chi connectivity index (χ1v) is 8.36. The van der Waals surface area contributed by atoms with Gasteiger partial charge in [0.25, 0.3) is 0 Å². The van der Waals surface area contributed by atoms with Gasteiger partial charge >= 0.3 is 0 Å². The van der Waals surface area contributed by atoms with Crippen LogP contribution in [0.15, 0.2) is 4.99 Å². The van der Waals surface area contributed by atoms with Gasteiger partial charge in [0.05, 0.1) is 0 Å². The fraction of sp³-hybridized carbons (Fsp3) is 0.929. The highest BCUT2D eigenvalue weighted by Gasteiger charge is 2.36. The molecule has 3 heterocycles. The fourth-order valence-corrected chi connectivity index (χ4v) is 4.52. The highest BCUT2D eigenvalue weighted by Crippen LogP contribution is 2.33. The Kier molecular flexibility index (Phi) is 3.85. The zero-order chi connectivity index (χ0) is 12.5. The molecule has 3 unspecified atom stereocenters. The SMILES string of the molecule is CC1CN=C(NC2CC3CCCC(C2)N3C)SC1. The van der Waals surface area contributed by atoms with Crippen molar-refractivity contribution < 1.29 is 0 Å². The Morgan fingerprint density at radius 2 is 2.00 bits per heavy atom. The average molecular weight is 267 g/mol. The Balaban J connectivity index is 1.58. The number of piperidine rings is 2. The number of fused-ring (bicyclic) bond motifs is 2. The quantitative estimate of drug-likeness (QED) is 0.790. The smallest absolute Gasteiger partial charge is 0.156 e. The summed E-state index contributed by atoms with van der Waals surface area (Å²) in [6.45, 7) is 3.29. The Labute approximate surface area is 115 Å². The van der Waals surface area contributed by atoms with Gasteiger partial charge in [0.15, 0.2) is 5.17 Å². The molecule has 3 atom stereocenters. The summed E-state index contributed by atoms with van der Waals surface area (Å²) < 4.78 is 0. The summed E-state index contributed by atoms with van der Waals surface area (Å²) in [4.78, 5) is 7.30.